The van der Waals surface area contributed by atoms with Crippen molar-refractivity contribution in [2.75, 3.05) is 6.61 Å². The Hall–Kier alpha value is -10.6. The van der Waals surface area contributed by atoms with E-state index in [2.05, 4.69) is 38.0 Å². The Labute approximate surface area is 680 Å². The average molecular weight is 1600 g/mol. The van der Waals surface area contributed by atoms with E-state index in [9.17, 15) is 40.1 Å². The molecule has 0 aromatic heterocycles. The first-order chi connectivity index (χ1) is 54.9. The number of para-hydroxylation sites is 3. The maximum atomic E-state index is 15.5. The van der Waals surface area contributed by atoms with Gasteiger partial charge in [-0.3, -0.25) is 59.7 Å². The summed E-state index contributed by atoms with van der Waals surface area (Å²) in [6, 6.07) is 30.3. The molecule has 15 rings (SSSR count). The fourth-order valence-corrected chi connectivity index (χ4v) is 19.8. The molecule has 9 N–H and O–H groups in total. The summed E-state index contributed by atoms with van der Waals surface area (Å²) in [6.07, 6.45) is 4.49. The Balaban J connectivity index is 0.699. The van der Waals surface area contributed by atoms with Crippen molar-refractivity contribution in [2.24, 2.45) is 0 Å². The van der Waals surface area contributed by atoms with Gasteiger partial charge in [0, 0.05) is 118 Å². The molecule has 0 spiro atoms. The Bertz CT molecular complexity index is 4970. The summed E-state index contributed by atoms with van der Waals surface area (Å²) in [7, 11) is 0. The van der Waals surface area contributed by atoms with Gasteiger partial charge in [-0.15, -0.1) is 0 Å². The summed E-state index contributed by atoms with van der Waals surface area (Å²) < 4.78 is 40.3. The van der Waals surface area contributed by atoms with Crippen LogP contribution in [0.5, 0.6) is 34.5 Å². The monoisotopic (exact) mass is 1600 g/mol. The summed E-state index contributed by atoms with van der Waals surface area (Å²) in [5.74, 6) is 0.0518. The van der Waals surface area contributed by atoms with E-state index in [-0.39, 0.29) is 144 Å². The zero-order valence-electron chi connectivity index (χ0n) is 66.7. The lowest BCUT2D eigenvalue weighted by Crippen LogP contribution is -2.63. The molecule has 9 heterocycles. The van der Waals surface area contributed by atoms with Crippen LogP contribution in [-0.4, -0.2) is 120 Å². The minimum atomic E-state index is -1.10. The highest BCUT2D eigenvalue weighted by atomic mass is 35.5. The summed E-state index contributed by atoms with van der Waals surface area (Å²) in [6.45, 7) is 20.0. The van der Waals surface area contributed by atoms with Crippen LogP contribution in [0.2, 0.25) is 10.0 Å². The van der Waals surface area contributed by atoms with Crippen molar-refractivity contribution in [1.82, 2.24) is 46.6 Å². The fraction of sp³-hybridized carbons (Fsp3) is 0.477. The van der Waals surface area contributed by atoms with Crippen LogP contribution in [-0.2, 0) is 14.4 Å². The minimum absolute atomic E-state index is 0.00967. The van der Waals surface area contributed by atoms with Crippen LogP contribution in [0.25, 0.3) is 0 Å². The van der Waals surface area contributed by atoms with Gasteiger partial charge in [0.05, 0.1) is 77.7 Å². The van der Waals surface area contributed by atoms with Gasteiger partial charge in [-0.05, 0) is 121 Å². The summed E-state index contributed by atoms with van der Waals surface area (Å²) in [5.41, 5.74) is -0.424. The SMILES string of the molecule is CCC1(CC)CC(=O)N([C@@H]2CCOc3c(Cl)cc(C(=O)N[C@H]4CC(C)(CC5C[C@@H](N6C(=N)NC(CC)(CC)CC6=O)c6cc(C(=O)N[C@@H]7CC(C)(CC8C[C@@H](N9C(=N)NC(CC)(CC)CC9=O)c9cc(C(=O)N[C@H]%10CC(C)(C)Oc%11ccccc%11%10)cc(C#N)c9O8)Oc8ccccc87)cc(Cl)c6O5)Oc5ccccc54)cc32)C(=N)N1. The Morgan fingerprint density at radius 3 is 1.25 bits per heavy atom. The number of benzene rings is 6. The molecular weight excluding hydrogens is 1500 g/mol. The van der Waals surface area contributed by atoms with E-state index in [4.69, 9.17) is 57.0 Å². The average Bonchev–Trinajstić information content (AvgIpc) is 0.756. The third-order valence-corrected chi connectivity index (χ3v) is 26.3. The highest BCUT2D eigenvalue weighted by Gasteiger charge is 2.52. The number of halogens is 2. The first-order valence-electron chi connectivity index (χ1n) is 40.4. The molecule has 604 valence electrons. The molecule has 6 aromatic carbocycles. The van der Waals surface area contributed by atoms with E-state index >= 15 is 4.79 Å². The third-order valence-electron chi connectivity index (χ3n) is 25.8. The lowest BCUT2D eigenvalue weighted by molar-refractivity contribution is -0.134. The van der Waals surface area contributed by atoms with Crippen LogP contribution in [0, 0.1) is 27.6 Å². The van der Waals surface area contributed by atoms with E-state index in [0.29, 0.717) is 96.6 Å². The van der Waals surface area contributed by atoms with Crippen molar-refractivity contribution in [2.45, 2.75) is 260 Å². The predicted molar refractivity (Wildman–Crippen MR) is 433 cm³/mol. The van der Waals surface area contributed by atoms with Gasteiger partial charge in [-0.2, -0.15) is 5.26 Å². The molecule has 27 heteroatoms. The molecule has 4 unspecified atom stereocenters. The number of hydrogen-bond acceptors (Lipinski definition) is 16. The van der Waals surface area contributed by atoms with Crippen molar-refractivity contribution in [3.63, 3.8) is 0 Å². The Kier molecular flexibility index (Phi) is 21.2. The summed E-state index contributed by atoms with van der Waals surface area (Å²) >= 11 is 14.5. The highest BCUT2D eigenvalue weighted by Crippen LogP contribution is 2.53. The lowest BCUT2D eigenvalue weighted by atomic mass is 9.81. The van der Waals surface area contributed by atoms with Gasteiger partial charge in [0.1, 0.15) is 69.6 Å². The van der Waals surface area contributed by atoms with E-state index in [1.165, 1.54) is 26.8 Å². The first-order valence-corrected chi connectivity index (χ1v) is 41.2. The number of nitrogens with one attached hydrogen (secondary N) is 9. The van der Waals surface area contributed by atoms with Gasteiger partial charge < -0.3 is 60.3 Å². The zero-order valence-corrected chi connectivity index (χ0v) is 68.2. The maximum Gasteiger partial charge on any atom is 0.251 e. The maximum absolute atomic E-state index is 15.5. The topological polar surface area (TPSA) is 335 Å². The molecule has 115 heavy (non-hydrogen) atoms. The molecule has 3 saturated heterocycles. The van der Waals surface area contributed by atoms with Gasteiger partial charge in [-0.25, -0.2) is 0 Å². The molecule has 3 fully saturated rings. The second-order valence-corrected chi connectivity index (χ2v) is 34.6. The van der Waals surface area contributed by atoms with Gasteiger partial charge in [-0.1, -0.05) is 119 Å². The van der Waals surface area contributed by atoms with Crippen LogP contribution in [0.1, 0.15) is 285 Å². The summed E-state index contributed by atoms with van der Waals surface area (Å²) in [4.78, 5) is 93.2. The van der Waals surface area contributed by atoms with E-state index in [1.54, 1.807) is 24.3 Å². The van der Waals surface area contributed by atoms with E-state index in [1.807, 2.05) is 142 Å². The van der Waals surface area contributed by atoms with Crippen molar-refractivity contribution in [3.05, 3.63) is 175 Å². The molecule has 0 aliphatic carbocycles. The number of ether oxygens (including phenoxy) is 6. The second kappa shape index (κ2) is 30.6. The molecule has 25 nitrogen and oxygen atoms in total. The number of nitriles is 1. The predicted octanol–water partition coefficient (Wildman–Crippen LogP) is 15.3. The molecule has 0 bridgehead atoms. The normalized spacial score (nSPS) is 26.4. The molecule has 6 aromatic rings. The number of carbonyl (C=O) groups is 6. The highest BCUT2D eigenvalue weighted by molar-refractivity contribution is 6.33. The molecule has 0 radical (unpaired) electrons. The number of hydrogen-bond donors (Lipinski definition) is 9. The van der Waals surface area contributed by atoms with E-state index < -0.39 is 99.6 Å². The smallest absolute Gasteiger partial charge is 0.251 e. The fourth-order valence-electron chi connectivity index (χ4n) is 19.3. The largest absolute Gasteiger partial charge is 0.492 e. The number of fused-ring (bicyclic) bond motifs is 6. The van der Waals surface area contributed by atoms with Crippen molar-refractivity contribution in [1.29, 1.82) is 21.5 Å². The number of nitrogens with zero attached hydrogens (tertiary/aromatic N) is 4. The molecule has 0 saturated carbocycles. The standard InChI is InChI=1S/C88H101Cl2N13O12/c1-11-86(12-2)44-71(104)101(80(92)98-86)65-29-30-110-75-57(65)33-49(35-60(75)89)78(108)96-64-43-85(10,115-70-28-22-19-25-56(64)70)40-53-38-67(103-73(106)46-88(15-5,16-6)100-82(103)94)59-34-50(36-61(90)76(59)112-53)79(109)97-63-42-84(9,114-69-27-21-18-24-55(63)69)39-52-37-66(102-72(105)45-87(13-3,14-4)99-81(102)93)58-32-48(31-51(47-91)74(58)111-52)77(107)95-62-41-83(7,8)113-68-26-20-17-23-54(62)68/h17-28,31-36,52-53,62-67H,11-16,29-30,37-46H2,1-10H3,(H2,92,98)(H2,93,99)(H2,94,100)(H,95,107)(H,96,108)(H,97,109)/t52?,53?,62-,63+,64-,65+,66+,67+,84?,85?/m0/s1. The molecule has 10 atom stereocenters. The van der Waals surface area contributed by atoms with Crippen LogP contribution >= 0.6 is 23.2 Å². The lowest BCUT2D eigenvalue weighted by Gasteiger charge is -2.48. The van der Waals surface area contributed by atoms with Gasteiger partial charge >= 0.3 is 0 Å². The quantitative estimate of drug-likeness (QED) is 0.0364. The number of rotatable bonds is 19. The van der Waals surface area contributed by atoms with Crippen molar-refractivity contribution in [3.8, 4) is 40.6 Å². The number of amides is 6. The Morgan fingerprint density at radius 1 is 0.487 bits per heavy atom. The third kappa shape index (κ3) is 15.0. The zero-order chi connectivity index (χ0) is 81.6. The minimum Gasteiger partial charge on any atom is -0.492 e. The summed E-state index contributed by atoms with van der Waals surface area (Å²) in [5, 5.41) is 59.6. The second-order valence-electron chi connectivity index (χ2n) is 33.8. The van der Waals surface area contributed by atoms with Crippen molar-refractivity contribution < 1.29 is 57.2 Å². The first kappa shape index (κ1) is 79.6. The van der Waals surface area contributed by atoms with Crippen molar-refractivity contribution >= 4 is 76.5 Å². The van der Waals surface area contributed by atoms with Gasteiger partial charge in [0.2, 0.25) is 17.7 Å². The molecule has 9 aliphatic heterocycles. The van der Waals surface area contributed by atoms with Crippen LogP contribution < -0.4 is 60.3 Å². The number of carbonyl (C=O) groups excluding carboxylic acids is 6. The molecule has 9 aliphatic rings. The van der Waals surface area contributed by atoms with E-state index in [0.717, 1.165) is 11.1 Å². The molecular formula is C88H101Cl2N13O12. The van der Waals surface area contributed by atoms with Crippen LogP contribution in [0.4, 0.5) is 0 Å². The van der Waals surface area contributed by atoms with Crippen LogP contribution in [0.15, 0.2) is 109 Å². The van der Waals surface area contributed by atoms with Crippen LogP contribution in [0.3, 0.4) is 0 Å². The molecule has 6 amide bonds. The van der Waals surface area contributed by atoms with Gasteiger partial charge in [0.15, 0.2) is 17.9 Å². The number of guanidine groups is 3. The van der Waals surface area contributed by atoms with Gasteiger partial charge in [0.25, 0.3) is 17.7 Å². The Morgan fingerprint density at radius 2 is 0.843 bits per heavy atom.